The molecule has 0 aliphatic carbocycles. The van der Waals surface area contributed by atoms with Crippen molar-refractivity contribution in [2.45, 2.75) is 33.6 Å². The summed E-state index contributed by atoms with van der Waals surface area (Å²) in [5.74, 6) is 1.21. The monoisotopic (exact) mass is 286 g/mol. The number of aromatic nitrogens is 1. The van der Waals surface area contributed by atoms with Crippen LogP contribution >= 0.6 is 0 Å². The molecule has 1 heterocycles. The molecule has 0 unspecified atom stereocenters. The molecular formula is C17H26N4. The van der Waals surface area contributed by atoms with Gasteiger partial charge in [-0.1, -0.05) is 26.0 Å². The Morgan fingerprint density at radius 2 is 2.19 bits per heavy atom. The smallest absolute Gasteiger partial charge is 0.188 e. The third-order valence-corrected chi connectivity index (χ3v) is 3.61. The Morgan fingerprint density at radius 1 is 1.38 bits per heavy atom. The van der Waals surface area contributed by atoms with E-state index >= 15 is 0 Å². The van der Waals surface area contributed by atoms with Gasteiger partial charge in [-0.25, -0.2) is 0 Å². The van der Waals surface area contributed by atoms with Gasteiger partial charge in [0.1, 0.15) is 0 Å². The van der Waals surface area contributed by atoms with E-state index in [0.717, 1.165) is 25.9 Å². The zero-order valence-electron chi connectivity index (χ0n) is 13.2. The summed E-state index contributed by atoms with van der Waals surface area (Å²) in [6.07, 6.45) is 4.09. The van der Waals surface area contributed by atoms with Crippen LogP contribution in [0.15, 0.2) is 29.4 Å². The van der Waals surface area contributed by atoms with Gasteiger partial charge in [-0.2, -0.15) is 0 Å². The van der Waals surface area contributed by atoms with E-state index in [0.29, 0.717) is 11.9 Å². The van der Waals surface area contributed by atoms with Crippen LogP contribution in [0.5, 0.6) is 0 Å². The Hall–Kier alpha value is -1.97. The number of guanidine groups is 1. The number of H-pyrrole nitrogens is 1. The number of hydrogen-bond donors (Lipinski definition) is 3. The Kier molecular flexibility index (Phi) is 5.26. The first-order valence-electron chi connectivity index (χ1n) is 7.66. The highest BCUT2D eigenvalue weighted by Gasteiger charge is 2.03. The first-order chi connectivity index (χ1) is 10.1. The molecule has 2 aromatic rings. The molecule has 1 aromatic heterocycles. The second kappa shape index (κ2) is 7.16. The minimum atomic E-state index is 0.548. The highest BCUT2D eigenvalue weighted by atomic mass is 15.1. The van der Waals surface area contributed by atoms with Gasteiger partial charge in [0.25, 0.3) is 0 Å². The molecule has 0 saturated heterocycles. The van der Waals surface area contributed by atoms with Crippen LogP contribution in [0.25, 0.3) is 10.9 Å². The summed E-state index contributed by atoms with van der Waals surface area (Å²) in [6, 6.07) is 6.50. The average molecular weight is 286 g/mol. The van der Waals surface area contributed by atoms with Crippen LogP contribution in [-0.2, 0) is 6.42 Å². The zero-order chi connectivity index (χ0) is 15.2. The van der Waals surface area contributed by atoms with Crippen LogP contribution in [-0.4, -0.2) is 24.0 Å². The van der Waals surface area contributed by atoms with E-state index in [2.05, 4.69) is 60.5 Å². The number of aliphatic imine (C=N–C) groups is 1. The Morgan fingerprint density at radius 3 is 2.95 bits per heavy atom. The van der Waals surface area contributed by atoms with Crippen molar-refractivity contribution >= 4 is 16.9 Å². The molecule has 0 spiro atoms. The zero-order valence-corrected chi connectivity index (χ0v) is 13.2. The third kappa shape index (κ3) is 4.52. The maximum atomic E-state index is 5.86. The number of aryl methyl sites for hydroxylation is 1. The number of aromatic amines is 1. The van der Waals surface area contributed by atoms with Gasteiger partial charge >= 0.3 is 0 Å². The Balaban J connectivity index is 1.85. The standard InChI is InChI=1S/C17H26N4/c1-12(2)6-8-19-17(18)20-9-7-14-11-21-16-10-13(3)4-5-15(14)16/h4-5,10-12,21H,6-9H2,1-3H3,(H3,18,19,20). The summed E-state index contributed by atoms with van der Waals surface area (Å²) >= 11 is 0. The van der Waals surface area contributed by atoms with Crippen LogP contribution < -0.4 is 11.1 Å². The van der Waals surface area contributed by atoms with Gasteiger partial charge < -0.3 is 16.0 Å². The van der Waals surface area contributed by atoms with Gasteiger partial charge in [0.15, 0.2) is 5.96 Å². The SMILES string of the molecule is Cc1ccc2c(CCNC(N)=NCCC(C)C)c[nH]c2c1. The molecule has 0 aliphatic rings. The van der Waals surface area contributed by atoms with Crippen LogP contribution in [0, 0.1) is 12.8 Å². The quantitative estimate of drug-likeness (QED) is 0.564. The minimum Gasteiger partial charge on any atom is -0.370 e. The molecule has 4 nitrogen and oxygen atoms in total. The van der Waals surface area contributed by atoms with Gasteiger partial charge in [-0.05, 0) is 42.9 Å². The van der Waals surface area contributed by atoms with Crippen LogP contribution in [0.2, 0.25) is 0 Å². The fourth-order valence-electron chi connectivity index (χ4n) is 2.33. The lowest BCUT2D eigenvalue weighted by molar-refractivity contribution is 0.595. The fraction of sp³-hybridized carbons (Fsp3) is 0.471. The molecule has 4 N–H and O–H groups in total. The summed E-state index contributed by atoms with van der Waals surface area (Å²) < 4.78 is 0. The van der Waals surface area contributed by atoms with Gasteiger partial charge in [-0.3, -0.25) is 4.99 Å². The highest BCUT2D eigenvalue weighted by Crippen LogP contribution is 2.19. The van der Waals surface area contributed by atoms with Crippen molar-refractivity contribution in [3.05, 3.63) is 35.5 Å². The first kappa shape index (κ1) is 15.4. The lowest BCUT2D eigenvalue weighted by Gasteiger charge is -2.06. The predicted molar refractivity (Wildman–Crippen MR) is 90.7 cm³/mol. The summed E-state index contributed by atoms with van der Waals surface area (Å²) in [4.78, 5) is 7.66. The summed E-state index contributed by atoms with van der Waals surface area (Å²) in [7, 11) is 0. The van der Waals surface area contributed by atoms with Gasteiger partial charge in [-0.15, -0.1) is 0 Å². The molecule has 2 rings (SSSR count). The van der Waals surface area contributed by atoms with Crippen molar-refractivity contribution in [3.8, 4) is 0 Å². The number of nitrogens with one attached hydrogen (secondary N) is 2. The summed E-state index contributed by atoms with van der Waals surface area (Å²) in [6.45, 7) is 8.09. The summed E-state index contributed by atoms with van der Waals surface area (Å²) in [5.41, 5.74) is 9.65. The number of nitrogens with two attached hydrogens (primary N) is 1. The predicted octanol–water partition coefficient (Wildman–Crippen LogP) is 2.97. The van der Waals surface area contributed by atoms with E-state index in [4.69, 9.17) is 5.73 Å². The molecule has 0 aliphatic heterocycles. The van der Waals surface area contributed by atoms with Crippen LogP contribution in [0.4, 0.5) is 0 Å². The van der Waals surface area contributed by atoms with Crippen LogP contribution in [0.1, 0.15) is 31.4 Å². The molecule has 114 valence electrons. The van der Waals surface area contributed by atoms with E-state index < -0.39 is 0 Å². The highest BCUT2D eigenvalue weighted by molar-refractivity contribution is 5.84. The van der Waals surface area contributed by atoms with Crippen molar-refractivity contribution in [1.82, 2.24) is 10.3 Å². The molecule has 0 fully saturated rings. The molecular weight excluding hydrogens is 260 g/mol. The first-order valence-corrected chi connectivity index (χ1v) is 7.66. The maximum Gasteiger partial charge on any atom is 0.188 e. The molecule has 4 heteroatoms. The number of hydrogen-bond acceptors (Lipinski definition) is 1. The molecule has 21 heavy (non-hydrogen) atoms. The van der Waals surface area contributed by atoms with E-state index in [1.54, 1.807) is 0 Å². The van der Waals surface area contributed by atoms with Crippen molar-refractivity contribution in [1.29, 1.82) is 0 Å². The van der Waals surface area contributed by atoms with E-state index in [9.17, 15) is 0 Å². The van der Waals surface area contributed by atoms with Crippen molar-refractivity contribution in [3.63, 3.8) is 0 Å². The third-order valence-electron chi connectivity index (χ3n) is 3.61. The Labute approximate surface area is 126 Å². The largest absolute Gasteiger partial charge is 0.370 e. The number of fused-ring (bicyclic) bond motifs is 1. The molecule has 0 radical (unpaired) electrons. The normalized spacial score (nSPS) is 12.3. The molecule has 0 atom stereocenters. The molecule has 1 aromatic carbocycles. The second-order valence-electron chi connectivity index (χ2n) is 5.99. The molecule has 0 bridgehead atoms. The van der Waals surface area contributed by atoms with Crippen LogP contribution in [0.3, 0.4) is 0 Å². The topological polar surface area (TPSA) is 66.2 Å². The lowest BCUT2D eigenvalue weighted by atomic mass is 10.1. The number of benzene rings is 1. The minimum absolute atomic E-state index is 0.548. The Bertz CT molecular complexity index is 610. The fourth-order valence-corrected chi connectivity index (χ4v) is 2.33. The maximum absolute atomic E-state index is 5.86. The molecule has 0 saturated carbocycles. The van der Waals surface area contributed by atoms with Gasteiger partial charge in [0.2, 0.25) is 0 Å². The summed E-state index contributed by atoms with van der Waals surface area (Å²) in [5, 5.41) is 4.47. The number of nitrogens with zero attached hydrogens (tertiary/aromatic N) is 1. The van der Waals surface area contributed by atoms with E-state index in [1.807, 2.05) is 0 Å². The van der Waals surface area contributed by atoms with Crippen molar-refractivity contribution < 1.29 is 0 Å². The lowest BCUT2D eigenvalue weighted by Crippen LogP contribution is -2.33. The number of rotatable bonds is 6. The van der Waals surface area contributed by atoms with E-state index in [-0.39, 0.29) is 0 Å². The second-order valence-corrected chi connectivity index (χ2v) is 5.99. The van der Waals surface area contributed by atoms with Gasteiger partial charge in [0.05, 0.1) is 0 Å². The average Bonchev–Trinajstić information content (AvgIpc) is 2.80. The van der Waals surface area contributed by atoms with E-state index in [1.165, 1.54) is 22.0 Å². The van der Waals surface area contributed by atoms with Crippen molar-refractivity contribution in [2.75, 3.05) is 13.1 Å². The van der Waals surface area contributed by atoms with Gasteiger partial charge in [0, 0.05) is 30.2 Å². The van der Waals surface area contributed by atoms with Crippen molar-refractivity contribution in [2.24, 2.45) is 16.6 Å². The molecule has 0 amide bonds.